The number of nitrogens with zero attached hydrogens (tertiary/aromatic N) is 1. The summed E-state index contributed by atoms with van der Waals surface area (Å²) in [7, 11) is 0. The molecule has 0 aromatic rings. The van der Waals surface area contributed by atoms with Crippen LogP contribution in [0.25, 0.3) is 0 Å². The fourth-order valence-corrected chi connectivity index (χ4v) is 2.33. The Morgan fingerprint density at radius 2 is 2.35 bits per heavy atom. The van der Waals surface area contributed by atoms with Gasteiger partial charge in [-0.1, -0.05) is 19.9 Å². The maximum absolute atomic E-state index is 12.9. The highest BCUT2D eigenvalue weighted by atomic mass is 19.1. The number of hydrogen-bond acceptors (Lipinski definition) is 2. The van der Waals surface area contributed by atoms with E-state index in [1.54, 1.807) is 6.08 Å². The molecule has 0 bridgehead atoms. The smallest absolute Gasteiger partial charge is 0.118 e. The monoisotopic (exact) mass is 236 g/mol. The lowest BCUT2D eigenvalue weighted by Crippen LogP contribution is -2.32. The number of nitriles is 1. The fourth-order valence-electron chi connectivity index (χ4n) is 2.33. The lowest BCUT2D eigenvalue weighted by Gasteiger charge is -2.33. The quantitative estimate of drug-likeness (QED) is 0.718. The lowest BCUT2D eigenvalue weighted by atomic mass is 9.69. The first-order valence-electron chi connectivity index (χ1n) is 6.34. The van der Waals surface area contributed by atoms with Crippen molar-refractivity contribution in [3.05, 3.63) is 24.1 Å². The first-order chi connectivity index (χ1) is 8.18. The zero-order chi connectivity index (χ0) is 12.7. The second-order valence-corrected chi connectivity index (χ2v) is 4.52. The van der Waals surface area contributed by atoms with Crippen molar-refractivity contribution in [1.29, 1.82) is 5.26 Å². The second-order valence-electron chi connectivity index (χ2n) is 4.52. The molecule has 0 aliphatic heterocycles. The summed E-state index contributed by atoms with van der Waals surface area (Å²) in [4.78, 5) is 0. The summed E-state index contributed by atoms with van der Waals surface area (Å²) < 4.78 is 12.9. The van der Waals surface area contributed by atoms with Gasteiger partial charge in [0.05, 0.1) is 11.5 Å². The molecule has 2 nitrogen and oxygen atoms in total. The van der Waals surface area contributed by atoms with Crippen LogP contribution in [-0.4, -0.2) is 13.1 Å². The van der Waals surface area contributed by atoms with E-state index in [-0.39, 0.29) is 17.2 Å². The van der Waals surface area contributed by atoms with Crippen LogP contribution in [0, 0.1) is 22.7 Å². The Bertz CT molecular complexity index is 341. The summed E-state index contributed by atoms with van der Waals surface area (Å²) in [6.45, 7) is 5.85. The van der Waals surface area contributed by atoms with Gasteiger partial charge in [-0.2, -0.15) is 5.26 Å². The van der Waals surface area contributed by atoms with Crippen LogP contribution in [0.5, 0.6) is 0 Å². The van der Waals surface area contributed by atoms with Gasteiger partial charge in [-0.25, -0.2) is 4.39 Å². The summed E-state index contributed by atoms with van der Waals surface area (Å²) in [5.41, 5.74) is -0.365. The molecule has 0 heterocycles. The fraction of sp³-hybridized carbons (Fsp3) is 0.643. The molecule has 17 heavy (non-hydrogen) atoms. The average Bonchev–Trinajstić information content (AvgIpc) is 2.37. The van der Waals surface area contributed by atoms with E-state index in [0.29, 0.717) is 6.42 Å². The Labute approximate surface area is 103 Å². The Hall–Kier alpha value is -1.14. The predicted octanol–water partition coefficient (Wildman–Crippen LogP) is 3.34. The normalized spacial score (nSPS) is 22.7. The van der Waals surface area contributed by atoms with Crippen molar-refractivity contribution in [3.63, 3.8) is 0 Å². The SMILES string of the molecule is CCNCCC(C#N)(CC)C1C=CC(F)=CC1. The van der Waals surface area contributed by atoms with E-state index in [0.717, 1.165) is 25.9 Å². The van der Waals surface area contributed by atoms with Gasteiger partial charge in [0, 0.05) is 0 Å². The molecule has 1 aliphatic rings. The molecule has 0 aromatic carbocycles. The van der Waals surface area contributed by atoms with Gasteiger partial charge in [-0.05, 0) is 50.4 Å². The number of nitrogens with one attached hydrogen (secondary N) is 1. The molecule has 1 rings (SSSR count). The van der Waals surface area contributed by atoms with Crippen LogP contribution in [0.15, 0.2) is 24.1 Å². The second kappa shape index (κ2) is 6.56. The van der Waals surface area contributed by atoms with Crippen molar-refractivity contribution in [2.75, 3.05) is 13.1 Å². The van der Waals surface area contributed by atoms with Crippen LogP contribution in [0.3, 0.4) is 0 Å². The number of allylic oxidation sites excluding steroid dienone is 4. The van der Waals surface area contributed by atoms with Crippen molar-refractivity contribution < 1.29 is 4.39 Å². The van der Waals surface area contributed by atoms with Crippen LogP contribution in [0.2, 0.25) is 0 Å². The lowest BCUT2D eigenvalue weighted by molar-refractivity contribution is 0.250. The molecule has 0 fully saturated rings. The molecule has 0 saturated heterocycles. The minimum absolute atomic E-state index is 0.135. The van der Waals surface area contributed by atoms with E-state index < -0.39 is 0 Å². The summed E-state index contributed by atoms with van der Waals surface area (Å²) in [6, 6.07) is 2.47. The van der Waals surface area contributed by atoms with E-state index in [2.05, 4.69) is 18.3 Å². The number of halogens is 1. The molecule has 94 valence electrons. The largest absolute Gasteiger partial charge is 0.317 e. The standard InChI is InChI=1S/C14H21FN2/c1-3-14(11-16,9-10-17-4-2)12-5-7-13(15)8-6-12/h5,7-8,12,17H,3-4,6,9-10H2,1-2H3. The number of rotatable bonds is 6. The van der Waals surface area contributed by atoms with Gasteiger partial charge >= 0.3 is 0 Å². The van der Waals surface area contributed by atoms with Crippen molar-refractivity contribution in [3.8, 4) is 6.07 Å². The Morgan fingerprint density at radius 3 is 2.82 bits per heavy atom. The van der Waals surface area contributed by atoms with Crippen LogP contribution in [0.1, 0.15) is 33.1 Å². The van der Waals surface area contributed by atoms with Crippen molar-refractivity contribution >= 4 is 0 Å². The van der Waals surface area contributed by atoms with Gasteiger partial charge in [-0.15, -0.1) is 0 Å². The topological polar surface area (TPSA) is 35.8 Å². The first-order valence-corrected chi connectivity index (χ1v) is 6.34. The van der Waals surface area contributed by atoms with Gasteiger partial charge in [0.25, 0.3) is 0 Å². The maximum Gasteiger partial charge on any atom is 0.118 e. The highest BCUT2D eigenvalue weighted by Gasteiger charge is 2.35. The van der Waals surface area contributed by atoms with Gasteiger partial charge in [0.2, 0.25) is 0 Å². The molecule has 0 spiro atoms. The Kier molecular flexibility index (Phi) is 5.37. The Balaban J connectivity index is 2.71. The first kappa shape index (κ1) is 13.9. The third kappa shape index (κ3) is 3.41. The van der Waals surface area contributed by atoms with Crippen LogP contribution in [0.4, 0.5) is 4.39 Å². The Morgan fingerprint density at radius 1 is 1.59 bits per heavy atom. The molecule has 0 aromatic heterocycles. The highest BCUT2D eigenvalue weighted by Crippen LogP contribution is 2.39. The van der Waals surface area contributed by atoms with Crippen molar-refractivity contribution in [2.24, 2.45) is 11.3 Å². The maximum atomic E-state index is 12.9. The van der Waals surface area contributed by atoms with Gasteiger partial charge in [-0.3, -0.25) is 0 Å². The zero-order valence-corrected chi connectivity index (χ0v) is 10.7. The molecule has 2 atom stereocenters. The van der Waals surface area contributed by atoms with Crippen molar-refractivity contribution in [2.45, 2.75) is 33.1 Å². The predicted molar refractivity (Wildman–Crippen MR) is 67.9 cm³/mol. The zero-order valence-electron chi connectivity index (χ0n) is 10.7. The van der Waals surface area contributed by atoms with E-state index >= 15 is 0 Å². The van der Waals surface area contributed by atoms with Gasteiger partial charge in [0.1, 0.15) is 5.83 Å². The molecule has 1 N–H and O–H groups in total. The molecule has 2 unspecified atom stereocenters. The molecule has 0 amide bonds. The molecular formula is C14H21FN2. The van der Waals surface area contributed by atoms with Crippen molar-refractivity contribution in [1.82, 2.24) is 5.32 Å². The van der Waals surface area contributed by atoms with E-state index in [9.17, 15) is 9.65 Å². The third-order valence-electron chi connectivity index (χ3n) is 3.62. The van der Waals surface area contributed by atoms with Crippen LogP contribution in [-0.2, 0) is 0 Å². The third-order valence-corrected chi connectivity index (χ3v) is 3.62. The molecule has 3 heteroatoms. The molecule has 0 radical (unpaired) electrons. The summed E-state index contributed by atoms with van der Waals surface area (Å²) in [5.74, 6) is -0.0495. The number of hydrogen-bond donors (Lipinski definition) is 1. The minimum atomic E-state index is -0.365. The van der Waals surface area contributed by atoms with Gasteiger partial charge in [0.15, 0.2) is 0 Å². The summed E-state index contributed by atoms with van der Waals surface area (Å²) >= 11 is 0. The average molecular weight is 236 g/mol. The van der Waals surface area contributed by atoms with Gasteiger partial charge < -0.3 is 5.32 Å². The summed E-state index contributed by atoms with van der Waals surface area (Å²) in [6.07, 6.45) is 7.18. The molecular weight excluding hydrogens is 215 g/mol. The van der Waals surface area contributed by atoms with E-state index in [4.69, 9.17) is 0 Å². The summed E-state index contributed by atoms with van der Waals surface area (Å²) in [5, 5.41) is 12.7. The highest BCUT2D eigenvalue weighted by molar-refractivity contribution is 5.22. The van der Waals surface area contributed by atoms with Crippen LogP contribution >= 0.6 is 0 Å². The van der Waals surface area contributed by atoms with E-state index in [1.165, 1.54) is 6.08 Å². The minimum Gasteiger partial charge on any atom is -0.317 e. The van der Waals surface area contributed by atoms with Crippen LogP contribution < -0.4 is 5.32 Å². The van der Waals surface area contributed by atoms with E-state index in [1.807, 2.05) is 13.0 Å². The molecule has 0 saturated carbocycles. The molecule has 1 aliphatic carbocycles.